The quantitative estimate of drug-likeness (QED) is 0.0731. The number of benzene rings is 6. The third kappa shape index (κ3) is 12.2. The lowest BCUT2D eigenvalue weighted by molar-refractivity contribution is 0.244. The number of halogens is 3. The third-order valence-corrected chi connectivity index (χ3v) is 18.5. The van der Waals surface area contributed by atoms with Crippen LogP contribution in [-0.4, -0.2) is 73.2 Å². The summed E-state index contributed by atoms with van der Waals surface area (Å²) in [6, 6.07) is 33.8. The van der Waals surface area contributed by atoms with Crippen molar-refractivity contribution in [3.8, 4) is 11.1 Å². The van der Waals surface area contributed by atoms with E-state index in [0.29, 0.717) is 37.2 Å². The Balaban J connectivity index is 0.000000171. The molecule has 2 aliphatic heterocycles. The van der Waals surface area contributed by atoms with Gasteiger partial charge in [-0.3, -0.25) is 9.80 Å². The molecule has 2 saturated carbocycles. The SMILES string of the molecule is CNS(=O)(=O)c1ccc(CNC(=O)N2CC3(CCCC3)c3cc(-c4ccc(F)cc4C)ccc32)cc1.CNS(=O)(=O)c1ccc(CNC(=O)N2CC3(CCCC3)c3cc(Br)ccc32)cc1.Cc1cc(F)ccc1B(O)O. The average molecular weight is 1140 g/mol. The summed E-state index contributed by atoms with van der Waals surface area (Å²) in [6.45, 7) is 5.52. The maximum absolute atomic E-state index is 13.7. The van der Waals surface area contributed by atoms with Gasteiger partial charge < -0.3 is 20.7 Å². The van der Waals surface area contributed by atoms with E-state index in [4.69, 9.17) is 10.0 Å². The fraction of sp³-hybridized carbons (Fsp3) is 0.321. The van der Waals surface area contributed by atoms with Crippen LogP contribution in [0.2, 0.25) is 0 Å². The minimum absolute atomic E-state index is 0.0558. The first-order valence-electron chi connectivity index (χ1n) is 25.2. The van der Waals surface area contributed by atoms with Gasteiger partial charge in [-0.15, -0.1) is 0 Å². The summed E-state index contributed by atoms with van der Waals surface area (Å²) in [5.74, 6) is -0.613. The zero-order valence-electron chi connectivity index (χ0n) is 42.8. The van der Waals surface area contributed by atoms with Crippen LogP contribution >= 0.6 is 15.9 Å². The van der Waals surface area contributed by atoms with Crippen LogP contribution in [0.5, 0.6) is 0 Å². The van der Waals surface area contributed by atoms with Crippen molar-refractivity contribution in [1.29, 1.82) is 0 Å². The van der Waals surface area contributed by atoms with E-state index in [2.05, 4.69) is 48.1 Å². The monoisotopic (exact) mass is 1140 g/mol. The number of anilines is 2. The minimum Gasteiger partial charge on any atom is -0.423 e. The van der Waals surface area contributed by atoms with Crippen molar-refractivity contribution < 1.29 is 45.3 Å². The maximum Gasteiger partial charge on any atom is 0.488 e. The van der Waals surface area contributed by atoms with Gasteiger partial charge in [0.15, 0.2) is 0 Å². The van der Waals surface area contributed by atoms with Gasteiger partial charge in [0.25, 0.3) is 0 Å². The summed E-state index contributed by atoms with van der Waals surface area (Å²) >= 11 is 3.57. The Morgan fingerprint density at radius 1 is 0.592 bits per heavy atom. The molecule has 4 aliphatic rings. The van der Waals surface area contributed by atoms with Crippen molar-refractivity contribution in [2.75, 3.05) is 37.0 Å². The minimum atomic E-state index is -3.50. The van der Waals surface area contributed by atoms with Crippen molar-refractivity contribution >= 4 is 72.0 Å². The van der Waals surface area contributed by atoms with Crippen LogP contribution in [0.15, 0.2) is 136 Å². The van der Waals surface area contributed by atoms with Gasteiger partial charge in [-0.25, -0.2) is 44.6 Å². The highest BCUT2D eigenvalue weighted by Gasteiger charge is 2.47. The van der Waals surface area contributed by atoms with E-state index < -0.39 is 27.2 Å². The average Bonchev–Trinajstić information content (AvgIpc) is 4.22. The number of nitrogens with zero attached hydrogens (tertiary/aromatic N) is 2. The highest BCUT2D eigenvalue weighted by atomic mass is 79.9. The molecule has 0 unspecified atom stereocenters. The van der Waals surface area contributed by atoms with Gasteiger partial charge in [-0.1, -0.05) is 84.1 Å². The molecule has 6 aromatic carbocycles. The molecular weight excluding hydrogens is 1080 g/mol. The van der Waals surface area contributed by atoms with Gasteiger partial charge in [0.2, 0.25) is 20.0 Å². The Labute approximate surface area is 452 Å². The fourth-order valence-corrected chi connectivity index (χ4v) is 12.9. The smallest absolute Gasteiger partial charge is 0.423 e. The normalized spacial score (nSPS) is 15.9. The van der Waals surface area contributed by atoms with Crippen LogP contribution in [0.3, 0.4) is 0 Å². The first-order chi connectivity index (χ1) is 36.2. The Kier molecular flexibility index (Phi) is 17.2. The van der Waals surface area contributed by atoms with E-state index in [1.807, 2.05) is 47.1 Å². The number of hydrogen-bond acceptors (Lipinski definition) is 8. The summed E-state index contributed by atoms with van der Waals surface area (Å²) in [5.41, 5.74) is 9.85. The van der Waals surface area contributed by atoms with Crippen molar-refractivity contribution in [1.82, 2.24) is 20.1 Å². The Bertz CT molecular complexity index is 3340. The van der Waals surface area contributed by atoms with Crippen LogP contribution in [-0.2, 0) is 44.0 Å². The van der Waals surface area contributed by atoms with Crippen molar-refractivity contribution in [2.24, 2.45) is 0 Å². The number of hydrogen-bond donors (Lipinski definition) is 6. The molecule has 6 N–H and O–H groups in total. The molecule has 0 bridgehead atoms. The van der Waals surface area contributed by atoms with Gasteiger partial charge >= 0.3 is 19.2 Å². The van der Waals surface area contributed by atoms with Crippen molar-refractivity contribution in [3.05, 3.63) is 171 Å². The number of nitrogens with one attached hydrogen (secondary N) is 4. The summed E-state index contributed by atoms with van der Waals surface area (Å²) in [4.78, 5) is 30.4. The molecule has 14 nitrogen and oxygen atoms in total. The Morgan fingerprint density at radius 2 is 1.03 bits per heavy atom. The second-order valence-corrected chi connectivity index (χ2v) is 24.6. The van der Waals surface area contributed by atoms with Crippen LogP contribution in [0.1, 0.15) is 84.7 Å². The van der Waals surface area contributed by atoms with E-state index in [0.717, 1.165) is 82.2 Å². The van der Waals surface area contributed by atoms with Crippen LogP contribution < -0.4 is 35.3 Å². The van der Waals surface area contributed by atoms with Crippen molar-refractivity contribution in [3.63, 3.8) is 0 Å². The van der Waals surface area contributed by atoms with Gasteiger partial charge in [-0.2, -0.15) is 0 Å². The maximum atomic E-state index is 13.7. The predicted molar refractivity (Wildman–Crippen MR) is 297 cm³/mol. The van der Waals surface area contributed by atoms with Crippen LogP contribution in [0.4, 0.5) is 29.7 Å². The molecule has 0 aromatic heterocycles. The first-order valence-corrected chi connectivity index (χ1v) is 28.9. The van der Waals surface area contributed by atoms with E-state index in [-0.39, 0.29) is 44.3 Å². The molecule has 20 heteroatoms. The van der Waals surface area contributed by atoms with E-state index in [1.54, 1.807) is 49.4 Å². The molecule has 2 heterocycles. The predicted octanol–water partition coefficient (Wildman–Crippen LogP) is 8.96. The van der Waals surface area contributed by atoms with Gasteiger partial charge in [0.1, 0.15) is 11.6 Å². The van der Waals surface area contributed by atoms with Crippen LogP contribution in [0.25, 0.3) is 11.1 Å². The Hall–Kier alpha value is -6.00. The summed E-state index contributed by atoms with van der Waals surface area (Å²) < 4.78 is 79.3. The second kappa shape index (κ2) is 23.3. The lowest BCUT2D eigenvalue weighted by atomic mass is 9.77. The molecule has 400 valence electrons. The number of carbonyl (C=O) groups is 2. The topological polar surface area (TPSA) is 197 Å². The molecule has 76 heavy (non-hydrogen) atoms. The number of rotatable bonds is 10. The zero-order valence-corrected chi connectivity index (χ0v) is 46.0. The third-order valence-electron chi connectivity index (χ3n) is 15.1. The summed E-state index contributed by atoms with van der Waals surface area (Å²) in [5, 5.41) is 23.4. The van der Waals surface area contributed by atoms with E-state index in [1.165, 1.54) is 74.5 Å². The molecule has 2 fully saturated rings. The molecule has 4 amide bonds. The molecule has 0 saturated heterocycles. The van der Waals surface area contributed by atoms with Gasteiger partial charge in [-0.05, 0) is 182 Å². The summed E-state index contributed by atoms with van der Waals surface area (Å²) in [7, 11) is -5.72. The first kappa shape index (κ1) is 56.2. The summed E-state index contributed by atoms with van der Waals surface area (Å²) in [6.07, 6.45) is 8.97. The van der Waals surface area contributed by atoms with Gasteiger partial charge in [0.05, 0.1) is 9.79 Å². The number of amides is 4. The molecule has 2 spiro atoms. The highest BCUT2D eigenvalue weighted by molar-refractivity contribution is 9.10. The molecule has 2 aliphatic carbocycles. The fourth-order valence-electron chi connectivity index (χ4n) is 11.0. The zero-order chi connectivity index (χ0) is 54.6. The lowest BCUT2D eigenvalue weighted by Gasteiger charge is -2.25. The number of urea groups is 2. The number of aryl methyl sites for hydroxylation is 2. The van der Waals surface area contributed by atoms with E-state index in [9.17, 15) is 35.2 Å². The van der Waals surface area contributed by atoms with Crippen LogP contribution in [0, 0.1) is 25.5 Å². The highest BCUT2D eigenvalue weighted by Crippen LogP contribution is 2.52. The number of fused-ring (bicyclic) bond motifs is 4. The standard InChI is InChI=1S/C28H30FN3O3S.C21H24BrN3O3S.C7H8BFO2/c1-19-15-22(29)8-11-24(19)21-7-12-26-25(16-21)28(13-3-4-14-28)18-32(26)27(33)31-17-20-5-9-23(10-6-20)36(34,35)30-2;1-23-29(27,28)17-7-4-15(5-8-17)13-24-20(26)25-14-21(10-2-3-11-21)18-12-16(22)6-9-19(18)25;1-5-4-6(9)2-3-7(5)8(10)11/h5-12,15-16,30H,3-4,13-14,17-18H2,1-2H3,(H,31,33);4-9,12,23H,2-3,10-11,13-14H2,1H3,(H,24,26);2-4,10-11H,1H3. The molecule has 6 aromatic rings. The largest absolute Gasteiger partial charge is 0.488 e. The number of carbonyl (C=O) groups excluding carboxylic acids is 2. The van der Waals surface area contributed by atoms with Gasteiger partial charge in [0, 0.05) is 52.9 Å². The molecule has 0 atom stereocenters. The van der Waals surface area contributed by atoms with E-state index >= 15 is 0 Å². The Morgan fingerprint density at radius 3 is 1.46 bits per heavy atom. The van der Waals surface area contributed by atoms with Crippen molar-refractivity contribution in [2.45, 2.75) is 98.9 Å². The molecule has 10 rings (SSSR count). The molecular formula is C56H62BBrF2N6O8S2. The number of sulfonamides is 2. The second-order valence-electron chi connectivity index (χ2n) is 19.9. The molecule has 0 radical (unpaired) electrons. The lowest BCUT2D eigenvalue weighted by Crippen LogP contribution is -2.41.